The van der Waals surface area contributed by atoms with Crippen LogP contribution in [-0.2, 0) is 4.74 Å². The van der Waals surface area contributed by atoms with E-state index in [9.17, 15) is 18.4 Å². The van der Waals surface area contributed by atoms with Crippen LogP contribution in [0.5, 0.6) is 0 Å². The number of likely N-dealkylation sites (N-methyl/N-ethyl adjacent to an activating group) is 1. The first-order chi connectivity index (χ1) is 20.0. The molecule has 2 saturated heterocycles. The molecule has 2 aliphatic heterocycles. The lowest BCUT2D eigenvalue weighted by atomic mass is 10.0. The number of carbonyl (C=O) groups is 1. The van der Waals surface area contributed by atoms with Crippen LogP contribution in [-0.4, -0.2) is 84.3 Å². The molecule has 224 valence electrons. The van der Waals surface area contributed by atoms with Crippen LogP contribution in [0.25, 0.3) is 11.1 Å². The predicted octanol–water partition coefficient (Wildman–Crippen LogP) is 3.67. The van der Waals surface area contributed by atoms with Gasteiger partial charge in [-0.2, -0.15) is 0 Å². The van der Waals surface area contributed by atoms with Crippen molar-refractivity contribution >= 4 is 23.2 Å². The molecule has 5 rings (SSSR count). The lowest BCUT2D eigenvalue weighted by Crippen LogP contribution is -2.55. The van der Waals surface area contributed by atoms with Gasteiger partial charge in [-0.1, -0.05) is 0 Å². The minimum absolute atomic E-state index is 0.00821. The third-order valence-corrected chi connectivity index (χ3v) is 7.79. The van der Waals surface area contributed by atoms with E-state index in [4.69, 9.17) is 4.74 Å². The van der Waals surface area contributed by atoms with Crippen molar-refractivity contribution in [1.82, 2.24) is 19.9 Å². The number of piperazine rings is 1. The Hall–Kier alpha value is -4.04. The third-order valence-electron chi connectivity index (χ3n) is 7.79. The lowest BCUT2D eigenvalue weighted by molar-refractivity contribution is 0.101. The van der Waals surface area contributed by atoms with Crippen LogP contribution < -0.4 is 20.7 Å². The molecule has 42 heavy (non-hydrogen) atoms. The second-order valence-electron chi connectivity index (χ2n) is 10.5. The molecule has 0 bridgehead atoms. The van der Waals surface area contributed by atoms with Crippen molar-refractivity contribution in [2.24, 2.45) is 0 Å². The van der Waals surface area contributed by atoms with Gasteiger partial charge in [-0.15, -0.1) is 0 Å². The molecular weight excluding hydrogens is 558 g/mol. The Labute approximate surface area is 239 Å². The number of nitrogens with one attached hydrogen (secondary N) is 2. The van der Waals surface area contributed by atoms with Crippen LogP contribution in [0.4, 0.5) is 34.9 Å². The zero-order valence-corrected chi connectivity index (χ0v) is 23.3. The Balaban J connectivity index is 1.58. The number of anilines is 3. The maximum Gasteiger partial charge on any atom is 0.264 e. The highest BCUT2D eigenvalue weighted by molar-refractivity contribution is 6.07. The zero-order chi connectivity index (χ0) is 30.1. The van der Waals surface area contributed by atoms with Gasteiger partial charge < -0.3 is 24.8 Å². The van der Waals surface area contributed by atoms with Crippen molar-refractivity contribution in [3.05, 3.63) is 63.8 Å². The number of aromatic amines is 1. The van der Waals surface area contributed by atoms with Gasteiger partial charge in [-0.3, -0.25) is 14.5 Å². The number of carbonyl (C=O) groups excluding carboxylic acids is 1. The van der Waals surface area contributed by atoms with Gasteiger partial charge in [0.1, 0.15) is 11.5 Å². The van der Waals surface area contributed by atoms with Crippen LogP contribution in [0, 0.1) is 11.6 Å². The summed E-state index contributed by atoms with van der Waals surface area (Å²) >= 11 is 0. The first-order valence-electron chi connectivity index (χ1n) is 13.5. The molecule has 2 aliphatic rings. The molecule has 2 unspecified atom stereocenters. The van der Waals surface area contributed by atoms with E-state index in [0.717, 1.165) is 12.3 Å². The Morgan fingerprint density at radius 1 is 1.07 bits per heavy atom. The summed E-state index contributed by atoms with van der Waals surface area (Å²) in [6, 6.07) is 1.75. The maximum absolute atomic E-state index is 16.4. The quantitative estimate of drug-likeness (QED) is 0.420. The number of hydrogen-bond acceptors (Lipinski definition) is 8. The van der Waals surface area contributed by atoms with Crippen molar-refractivity contribution in [2.45, 2.75) is 32.4 Å². The van der Waals surface area contributed by atoms with Crippen molar-refractivity contribution in [2.75, 3.05) is 61.6 Å². The second kappa shape index (κ2) is 12.1. The van der Waals surface area contributed by atoms with Crippen LogP contribution >= 0.6 is 0 Å². The Kier molecular flexibility index (Phi) is 8.45. The molecule has 0 spiro atoms. The standard InChI is InChI=1S/C28H31F4N7O3/c1-15-13-39(14-16(2)37(15)3)21-9-20(29)23(17-10-34-28(35-11-17)38-4-6-42-7-5-38)24(30)25(21)36-27(41)19-12-33-22(40)8-18(19)26(31)32/h8-12,15-16,26H,4-7,13-14H2,1-3H3,(H,33,40)(H,36,41). The van der Waals surface area contributed by atoms with Gasteiger partial charge in [0.15, 0.2) is 5.82 Å². The molecule has 2 N–H and O–H groups in total. The van der Waals surface area contributed by atoms with Crippen LogP contribution in [0.15, 0.2) is 35.5 Å². The van der Waals surface area contributed by atoms with E-state index < -0.39 is 46.2 Å². The number of alkyl halides is 2. The summed E-state index contributed by atoms with van der Waals surface area (Å²) in [6.07, 6.45) is 0.296. The van der Waals surface area contributed by atoms with Crippen LogP contribution in [0.1, 0.15) is 36.2 Å². The SMILES string of the molecule is CC1CN(c2cc(F)c(-c3cnc(N4CCOCC4)nc3)c(F)c2NC(=O)c2c[nH]c(=O)cc2C(F)F)CC(C)N1C. The highest BCUT2D eigenvalue weighted by Crippen LogP contribution is 2.39. The molecule has 14 heteroatoms. The van der Waals surface area contributed by atoms with Crippen molar-refractivity contribution in [1.29, 1.82) is 0 Å². The number of nitrogens with zero attached hydrogens (tertiary/aromatic N) is 5. The monoisotopic (exact) mass is 589 g/mol. The minimum atomic E-state index is -3.14. The van der Waals surface area contributed by atoms with Gasteiger partial charge in [0.05, 0.1) is 30.0 Å². The number of hydrogen-bond donors (Lipinski definition) is 2. The highest BCUT2D eigenvalue weighted by atomic mass is 19.3. The highest BCUT2D eigenvalue weighted by Gasteiger charge is 2.32. The number of pyridine rings is 1. The number of ether oxygens (including phenoxy) is 1. The molecule has 2 fully saturated rings. The van der Waals surface area contributed by atoms with Gasteiger partial charge in [0.25, 0.3) is 12.3 Å². The first-order valence-corrected chi connectivity index (χ1v) is 13.5. The average molecular weight is 590 g/mol. The number of H-pyrrole nitrogens is 1. The first kappa shape index (κ1) is 29.5. The smallest absolute Gasteiger partial charge is 0.264 e. The fourth-order valence-electron chi connectivity index (χ4n) is 5.26. The number of halogens is 4. The van der Waals surface area contributed by atoms with E-state index in [1.807, 2.05) is 25.8 Å². The number of benzene rings is 1. The summed E-state index contributed by atoms with van der Waals surface area (Å²) in [5.74, 6) is -2.72. The molecule has 0 aliphatic carbocycles. The van der Waals surface area contributed by atoms with E-state index in [0.29, 0.717) is 51.4 Å². The molecule has 2 aromatic heterocycles. The molecular formula is C28H31F4N7O3. The van der Waals surface area contributed by atoms with E-state index in [1.54, 1.807) is 4.90 Å². The molecule has 1 amide bonds. The number of amides is 1. The molecule has 2 atom stereocenters. The molecule has 1 aromatic carbocycles. The minimum Gasteiger partial charge on any atom is -0.378 e. The van der Waals surface area contributed by atoms with Gasteiger partial charge >= 0.3 is 0 Å². The summed E-state index contributed by atoms with van der Waals surface area (Å²) in [5.41, 5.74) is -2.95. The summed E-state index contributed by atoms with van der Waals surface area (Å²) in [6.45, 7) is 6.85. The molecule has 0 saturated carbocycles. The molecule has 3 aromatic rings. The largest absolute Gasteiger partial charge is 0.378 e. The second-order valence-corrected chi connectivity index (χ2v) is 10.5. The summed E-state index contributed by atoms with van der Waals surface area (Å²) < 4.78 is 64.8. The summed E-state index contributed by atoms with van der Waals surface area (Å²) in [4.78, 5) is 41.4. The third kappa shape index (κ3) is 5.81. The van der Waals surface area contributed by atoms with Crippen LogP contribution in [0.2, 0.25) is 0 Å². The fraction of sp³-hybridized carbons (Fsp3) is 0.429. The number of aromatic nitrogens is 3. The normalized spacial score (nSPS) is 19.8. The van der Waals surface area contributed by atoms with Crippen molar-refractivity contribution < 1.29 is 27.1 Å². The van der Waals surface area contributed by atoms with Gasteiger partial charge in [0.2, 0.25) is 11.5 Å². The maximum atomic E-state index is 16.4. The average Bonchev–Trinajstić information content (AvgIpc) is 2.97. The van der Waals surface area contributed by atoms with Gasteiger partial charge in [-0.05, 0) is 20.9 Å². The van der Waals surface area contributed by atoms with E-state index in [-0.39, 0.29) is 29.0 Å². The van der Waals surface area contributed by atoms with Crippen molar-refractivity contribution in [3.8, 4) is 11.1 Å². The van der Waals surface area contributed by atoms with Gasteiger partial charge in [0, 0.05) is 80.1 Å². The topological polar surface area (TPSA) is 107 Å². The van der Waals surface area contributed by atoms with Gasteiger partial charge in [-0.25, -0.2) is 27.5 Å². The molecule has 10 nitrogen and oxygen atoms in total. The molecule has 0 radical (unpaired) electrons. The Morgan fingerprint density at radius 3 is 2.33 bits per heavy atom. The fourth-order valence-corrected chi connectivity index (χ4v) is 5.26. The van der Waals surface area contributed by atoms with E-state index >= 15 is 8.78 Å². The number of morpholine rings is 1. The summed E-state index contributed by atoms with van der Waals surface area (Å²) in [5, 5.41) is 2.39. The predicted molar refractivity (Wildman–Crippen MR) is 149 cm³/mol. The van der Waals surface area contributed by atoms with Crippen molar-refractivity contribution in [3.63, 3.8) is 0 Å². The van der Waals surface area contributed by atoms with Crippen LogP contribution in [0.3, 0.4) is 0 Å². The van der Waals surface area contributed by atoms with E-state index in [2.05, 4.69) is 25.2 Å². The Morgan fingerprint density at radius 2 is 1.71 bits per heavy atom. The molecule has 4 heterocycles. The lowest BCUT2D eigenvalue weighted by Gasteiger charge is -2.44. The summed E-state index contributed by atoms with van der Waals surface area (Å²) in [7, 11) is 1.95. The Bertz CT molecular complexity index is 1500. The van der Waals surface area contributed by atoms with E-state index in [1.165, 1.54) is 12.4 Å². The number of rotatable bonds is 6. The zero-order valence-electron chi connectivity index (χ0n) is 23.3.